The number of nitrogens with one attached hydrogen (secondary N) is 1. The van der Waals surface area contributed by atoms with Crippen molar-refractivity contribution in [2.24, 2.45) is 0 Å². The monoisotopic (exact) mass is 370 g/mol. The lowest BCUT2D eigenvalue weighted by molar-refractivity contribution is -0.112. The van der Waals surface area contributed by atoms with Crippen LogP contribution in [0.1, 0.15) is 21.6 Å². The Hall–Kier alpha value is -2.92. The molecule has 0 aliphatic rings. The van der Waals surface area contributed by atoms with Crippen molar-refractivity contribution in [3.63, 3.8) is 0 Å². The van der Waals surface area contributed by atoms with Crippen molar-refractivity contribution in [2.45, 2.75) is 13.5 Å². The van der Waals surface area contributed by atoms with Crippen LogP contribution in [0.3, 0.4) is 0 Å². The summed E-state index contributed by atoms with van der Waals surface area (Å²) < 4.78 is 14.9. The molecular formula is C20H16ClFN2O2. The topological polar surface area (TPSA) is 51.1 Å². The van der Waals surface area contributed by atoms with Gasteiger partial charge in [0, 0.05) is 18.4 Å². The predicted octanol–water partition coefficient (Wildman–Crippen LogP) is 4.46. The number of halogens is 2. The number of nitrogens with zero attached hydrogens (tertiary/aromatic N) is 1. The minimum atomic E-state index is -0.809. The first-order valence-corrected chi connectivity index (χ1v) is 8.33. The maximum absolute atomic E-state index is 13.2. The van der Waals surface area contributed by atoms with E-state index >= 15 is 0 Å². The Bertz CT molecular complexity index is 964. The maximum Gasteiger partial charge on any atom is 0.298 e. The zero-order valence-corrected chi connectivity index (χ0v) is 14.8. The predicted molar refractivity (Wildman–Crippen MR) is 99.1 cm³/mol. The second kappa shape index (κ2) is 7.54. The standard InChI is InChI=1S/C20H16ClFN2O2/c1-13-4-6-14(7-5-13)12-24-10-2-3-18(24)19(25)20(26)23-15-8-9-17(22)16(21)11-15/h2-11H,12H2,1H3,(H,23,26). The van der Waals surface area contributed by atoms with Crippen LogP contribution in [0, 0.1) is 12.7 Å². The molecule has 0 unspecified atom stereocenters. The fourth-order valence-electron chi connectivity index (χ4n) is 2.53. The number of hydrogen-bond acceptors (Lipinski definition) is 2. The fourth-order valence-corrected chi connectivity index (χ4v) is 2.71. The molecule has 0 saturated carbocycles. The fraction of sp³-hybridized carbons (Fsp3) is 0.100. The summed E-state index contributed by atoms with van der Waals surface area (Å²) in [6.45, 7) is 2.48. The molecular weight excluding hydrogens is 355 g/mol. The first kappa shape index (κ1) is 17.9. The number of anilines is 1. The van der Waals surface area contributed by atoms with E-state index in [0.29, 0.717) is 6.54 Å². The summed E-state index contributed by atoms with van der Waals surface area (Å²) in [5.41, 5.74) is 2.70. The molecule has 0 radical (unpaired) electrons. The second-order valence-corrected chi connectivity index (χ2v) is 6.33. The highest BCUT2D eigenvalue weighted by Gasteiger charge is 2.20. The van der Waals surface area contributed by atoms with Crippen molar-refractivity contribution < 1.29 is 14.0 Å². The van der Waals surface area contributed by atoms with Crippen molar-refractivity contribution in [2.75, 3.05) is 5.32 Å². The zero-order chi connectivity index (χ0) is 18.7. The maximum atomic E-state index is 13.2. The van der Waals surface area contributed by atoms with Gasteiger partial charge in [-0.05, 0) is 42.8 Å². The quantitative estimate of drug-likeness (QED) is 0.532. The van der Waals surface area contributed by atoms with Gasteiger partial charge < -0.3 is 9.88 Å². The van der Waals surface area contributed by atoms with Gasteiger partial charge in [-0.15, -0.1) is 0 Å². The number of amides is 1. The SMILES string of the molecule is Cc1ccc(Cn2cccc2C(=O)C(=O)Nc2ccc(F)c(Cl)c2)cc1. The van der Waals surface area contributed by atoms with E-state index < -0.39 is 17.5 Å². The van der Waals surface area contributed by atoms with E-state index in [1.54, 1.807) is 22.9 Å². The first-order chi connectivity index (χ1) is 12.4. The molecule has 1 aromatic heterocycles. The van der Waals surface area contributed by atoms with Gasteiger partial charge in [-0.25, -0.2) is 4.39 Å². The summed E-state index contributed by atoms with van der Waals surface area (Å²) in [5, 5.41) is 2.32. The third kappa shape index (κ3) is 4.00. The minimum Gasteiger partial charge on any atom is -0.340 e. The van der Waals surface area contributed by atoms with Gasteiger partial charge in [0.15, 0.2) is 0 Å². The zero-order valence-electron chi connectivity index (χ0n) is 14.0. The Balaban J connectivity index is 1.75. The highest BCUT2D eigenvalue weighted by molar-refractivity contribution is 6.46. The van der Waals surface area contributed by atoms with Crippen molar-refractivity contribution in [1.82, 2.24) is 4.57 Å². The van der Waals surface area contributed by atoms with Crippen LogP contribution < -0.4 is 5.32 Å². The normalized spacial score (nSPS) is 10.6. The molecule has 3 rings (SSSR count). The van der Waals surface area contributed by atoms with Crippen molar-refractivity contribution >= 4 is 29.0 Å². The molecule has 2 aromatic carbocycles. The molecule has 1 amide bonds. The molecule has 0 saturated heterocycles. The Morgan fingerprint density at radius 1 is 1.12 bits per heavy atom. The van der Waals surface area contributed by atoms with Crippen LogP contribution in [0.25, 0.3) is 0 Å². The van der Waals surface area contributed by atoms with E-state index in [1.807, 2.05) is 31.2 Å². The van der Waals surface area contributed by atoms with Gasteiger partial charge in [0.2, 0.25) is 0 Å². The van der Waals surface area contributed by atoms with Crippen molar-refractivity contribution in [3.05, 3.63) is 88.5 Å². The molecule has 26 heavy (non-hydrogen) atoms. The molecule has 0 atom stereocenters. The molecule has 3 aromatic rings. The summed E-state index contributed by atoms with van der Waals surface area (Å²) in [5.74, 6) is -2.08. The van der Waals surface area contributed by atoms with E-state index in [0.717, 1.165) is 17.2 Å². The Morgan fingerprint density at radius 2 is 1.85 bits per heavy atom. The van der Waals surface area contributed by atoms with Gasteiger partial charge in [-0.2, -0.15) is 0 Å². The molecule has 1 heterocycles. The van der Waals surface area contributed by atoms with Crippen molar-refractivity contribution in [3.8, 4) is 0 Å². The van der Waals surface area contributed by atoms with Crippen molar-refractivity contribution in [1.29, 1.82) is 0 Å². The molecule has 132 valence electrons. The lowest BCUT2D eigenvalue weighted by atomic mass is 10.1. The van der Waals surface area contributed by atoms with Crippen LogP contribution in [0.2, 0.25) is 5.02 Å². The Morgan fingerprint density at radius 3 is 2.54 bits per heavy atom. The number of Topliss-reactive ketones (excluding diaryl/α,β-unsaturated/α-hetero) is 1. The molecule has 1 N–H and O–H groups in total. The molecule has 6 heteroatoms. The first-order valence-electron chi connectivity index (χ1n) is 7.95. The number of aromatic nitrogens is 1. The molecule has 0 aliphatic carbocycles. The van der Waals surface area contributed by atoms with Crippen LogP contribution in [-0.2, 0) is 11.3 Å². The van der Waals surface area contributed by atoms with Gasteiger partial charge in [0.25, 0.3) is 11.7 Å². The van der Waals surface area contributed by atoms with Crippen LogP contribution >= 0.6 is 11.6 Å². The third-order valence-electron chi connectivity index (χ3n) is 3.92. The Kier molecular flexibility index (Phi) is 5.19. The highest BCUT2D eigenvalue weighted by Crippen LogP contribution is 2.19. The van der Waals surface area contributed by atoms with E-state index in [2.05, 4.69) is 5.32 Å². The van der Waals surface area contributed by atoms with Crippen LogP contribution in [0.15, 0.2) is 60.8 Å². The second-order valence-electron chi connectivity index (χ2n) is 5.92. The lowest BCUT2D eigenvalue weighted by Gasteiger charge is -2.10. The number of aryl methyl sites for hydroxylation is 1. The summed E-state index contributed by atoms with van der Waals surface area (Å²) in [6.07, 6.45) is 1.75. The van der Waals surface area contributed by atoms with E-state index in [4.69, 9.17) is 11.6 Å². The van der Waals surface area contributed by atoms with E-state index in [1.165, 1.54) is 12.1 Å². The van der Waals surface area contributed by atoms with Gasteiger partial charge in [-0.1, -0.05) is 41.4 Å². The minimum absolute atomic E-state index is 0.127. The third-order valence-corrected chi connectivity index (χ3v) is 4.21. The summed E-state index contributed by atoms with van der Waals surface area (Å²) in [4.78, 5) is 24.7. The van der Waals surface area contributed by atoms with Gasteiger partial charge in [0.1, 0.15) is 5.82 Å². The van der Waals surface area contributed by atoms with Gasteiger partial charge >= 0.3 is 0 Å². The van der Waals surface area contributed by atoms with Crippen LogP contribution in [0.4, 0.5) is 10.1 Å². The summed E-state index contributed by atoms with van der Waals surface area (Å²) >= 11 is 5.69. The van der Waals surface area contributed by atoms with Gasteiger partial charge in [-0.3, -0.25) is 9.59 Å². The summed E-state index contributed by atoms with van der Waals surface area (Å²) in [6, 6.07) is 15.0. The number of ketones is 1. The molecule has 0 fully saturated rings. The van der Waals surface area contributed by atoms with Gasteiger partial charge in [0.05, 0.1) is 10.7 Å². The molecule has 4 nitrogen and oxygen atoms in total. The molecule has 0 spiro atoms. The Labute approximate surface area is 155 Å². The molecule has 0 bridgehead atoms. The number of carbonyl (C=O) groups excluding carboxylic acids is 2. The largest absolute Gasteiger partial charge is 0.340 e. The number of hydrogen-bond donors (Lipinski definition) is 1. The number of rotatable bonds is 5. The van der Waals surface area contributed by atoms with E-state index in [-0.39, 0.29) is 16.4 Å². The van der Waals surface area contributed by atoms with Crippen LogP contribution in [-0.4, -0.2) is 16.3 Å². The smallest absolute Gasteiger partial charge is 0.298 e. The number of benzene rings is 2. The average Bonchev–Trinajstić information content (AvgIpc) is 3.07. The highest BCUT2D eigenvalue weighted by atomic mass is 35.5. The average molecular weight is 371 g/mol. The summed E-state index contributed by atoms with van der Waals surface area (Å²) in [7, 11) is 0. The lowest BCUT2D eigenvalue weighted by Crippen LogP contribution is -2.25. The van der Waals surface area contributed by atoms with E-state index in [9.17, 15) is 14.0 Å². The van der Waals surface area contributed by atoms with Crippen LogP contribution in [0.5, 0.6) is 0 Å². The number of carbonyl (C=O) groups is 2. The molecule has 0 aliphatic heterocycles.